The van der Waals surface area contributed by atoms with E-state index in [2.05, 4.69) is 27.5 Å². The van der Waals surface area contributed by atoms with Crippen LogP contribution in [0.5, 0.6) is 0 Å². The molecular weight excluding hydrogens is 356 g/mol. The molecule has 3 aromatic rings. The lowest BCUT2D eigenvalue weighted by molar-refractivity contribution is -0.154. The van der Waals surface area contributed by atoms with Crippen LogP contribution in [-0.2, 0) is 19.9 Å². The van der Waals surface area contributed by atoms with E-state index in [0.29, 0.717) is 12.4 Å². The van der Waals surface area contributed by atoms with Crippen molar-refractivity contribution in [2.75, 3.05) is 19.0 Å². The predicted molar refractivity (Wildman–Crippen MR) is 107 cm³/mol. The van der Waals surface area contributed by atoms with E-state index in [-0.39, 0.29) is 12.0 Å². The molecule has 2 heterocycles. The molecule has 0 unspecified atom stereocenters. The summed E-state index contributed by atoms with van der Waals surface area (Å²) in [5, 5.41) is 7.82. The molecule has 2 aromatic heterocycles. The van der Waals surface area contributed by atoms with Crippen LogP contribution >= 0.6 is 0 Å². The van der Waals surface area contributed by atoms with Gasteiger partial charge in [-0.05, 0) is 31.9 Å². The summed E-state index contributed by atoms with van der Waals surface area (Å²) >= 11 is 0. The molecule has 3 rings (SSSR count). The summed E-state index contributed by atoms with van der Waals surface area (Å²) < 4.78 is 12.7. The Bertz CT molecular complexity index is 966. The number of carbonyl (C=O) groups excluding carboxylic acids is 1. The number of anilines is 1. The first kappa shape index (κ1) is 19.8. The Morgan fingerprint density at radius 1 is 1.29 bits per heavy atom. The van der Waals surface area contributed by atoms with Crippen molar-refractivity contribution in [3.63, 3.8) is 0 Å². The van der Waals surface area contributed by atoms with Gasteiger partial charge in [0.1, 0.15) is 17.4 Å². The standard InChI is InChI=1S/C21H26N4O3/c1-14-17(21(3,4)28-15(2)26)11-25-19(14)20(22-13-23-25)24-18(12-27-5)16-9-7-6-8-10-16/h6-11,13,18H,12H2,1-5H3,(H,22,23,24)/t18-/m1/s1. The molecule has 1 atom stereocenters. The van der Waals surface area contributed by atoms with Crippen molar-refractivity contribution >= 4 is 17.3 Å². The molecule has 0 spiro atoms. The van der Waals surface area contributed by atoms with Crippen molar-refractivity contribution in [1.82, 2.24) is 14.6 Å². The SMILES string of the molecule is COC[C@@H](Nc1ncnn2cc(C(C)(C)OC(C)=O)c(C)c12)c1ccccc1. The number of fused-ring (bicyclic) bond motifs is 1. The molecule has 0 aliphatic heterocycles. The molecule has 148 valence electrons. The zero-order valence-electron chi connectivity index (χ0n) is 16.9. The average molecular weight is 382 g/mol. The molecule has 0 aliphatic carbocycles. The van der Waals surface area contributed by atoms with E-state index in [1.165, 1.54) is 13.3 Å². The third kappa shape index (κ3) is 3.99. The second kappa shape index (κ2) is 7.98. The third-order valence-electron chi connectivity index (χ3n) is 4.72. The van der Waals surface area contributed by atoms with Gasteiger partial charge in [-0.15, -0.1) is 0 Å². The van der Waals surface area contributed by atoms with Crippen LogP contribution in [0.2, 0.25) is 0 Å². The first-order chi connectivity index (χ1) is 13.3. The summed E-state index contributed by atoms with van der Waals surface area (Å²) in [4.78, 5) is 16.0. The van der Waals surface area contributed by atoms with Gasteiger partial charge in [0.15, 0.2) is 5.82 Å². The summed E-state index contributed by atoms with van der Waals surface area (Å²) in [6.07, 6.45) is 3.39. The number of esters is 1. The van der Waals surface area contributed by atoms with Gasteiger partial charge in [0.2, 0.25) is 0 Å². The molecule has 7 nitrogen and oxygen atoms in total. The summed E-state index contributed by atoms with van der Waals surface area (Å²) in [5.41, 5.74) is 3.01. The molecule has 0 saturated heterocycles. The van der Waals surface area contributed by atoms with Gasteiger partial charge in [0, 0.05) is 25.8 Å². The number of ether oxygens (including phenoxy) is 2. The van der Waals surface area contributed by atoms with Crippen molar-refractivity contribution in [1.29, 1.82) is 0 Å². The minimum atomic E-state index is -0.772. The van der Waals surface area contributed by atoms with Crippen LogP contribution in [0.3, 0.4) is 0 Å². The lowest BCUT2D eigenvalue weighted by Gasteiger charge is -2.24. The normalized spacial score (nSPS) is 12.8. The Morgan fingerprint density at radius 2 is 2.00 bits per heavy atom. The van der Waals surface area contributed by atoms with Crippen molar-refractivity contribution < 1.29 is 14.3 Å². The lowest BCUT2D eigenvalue weighted by atomic mass is 9.97. The maximum atomic E-state index is 11.5. The van der Waals surface area contributed by atoms with Crippen LogP contribution < -0.4 is 5.32 Å². The van der Waals surface area contributed by atoms with Crippen molar-refractivity contribution in [2.45, 2.75) is 39.3 Å². The number of aromatic nitrogens is 3. The number of hydrogen-bond acceptors (Lipinski definition) is 6. The molecule has 7 heteroatoms. The number of hydrogen-bond donors (Lipinski definition) is 1. The number of rotatable bonds is 7. The van der Waals surface area contributed by atoms with Gasteiger partial charge in [-0.3, -0.25) is 4.79 Å². The summed E-state index contributed by atoms with van der Waals surface area (Å²) in [6, 6.07) is 10.0. The van der Waals surface area contributed by atoms with Gasteiger partial charge in [-0.2, -0.15) is 5.10 Å². The van der Waals surface area contributed by atoms with Crippen molar-refractivity contribution in [3.8, 4) is 0 Å². The van der Waals surface area contributed by atoms with Gasteiger partial charge in [0.05, 0.1) is 12.6 Å². The molecule has 0 fully saturated rings. The minimum absolute atomic E-state index is 0.0656. The first-order valence-corrected chi connectivity index (χ1v) is 9.17. The van der Waals surface area contributed by atoms with Gasteiger partial charge < -0.3 is 14.8 Å². The largest absolute Gasteiger partial charge is 0.455 e. The van der Waals surface area contributed by atoms with E-state index in [1.54, 1.807) is 11.6 Å². The third-order valence-corrected chi connectivity index (χ3v) is 4.72. The number of benzene rings is 1. The Hall–Kier alpha value is -2.93. The monoisotopic (exact) mass is 382 g/mol. The lowest BCUT2D eigenvalue weighted by Crippen LogP contribution is -2.24. The van der Waals surface area contributed by atoms with E-state index in [4.69, 9.17) is 9.47 Å². The van der Waals surface area contributed by atoms with Gasteiger partial charge in [-0.25, -0.2) is 9.50 Å². The minimum Gasteiger partial charge on any atom is -0.455 e. The van der Waals surface area contributed by atoms with Gasteiger partial charge >= 0.3 is 5.97 Å². The average Bonchev–Trinajstić information content (AvgIpc) is 3.00. The Kier molecular flexibility index (Phi) is 5.65. The highest BCUT2D eigenvalue weighted by Gasteiger charge is 2.29. The Labute approximate surface area is 164 Å². The maximum Gasteiger partial charge on any atom is 0.303 e. The highest BCUT2D eigenvalue weighted by molar-refractivity contribution is 5.75. The van der Waals surface area contributed by atoms with Crippen LogP contribution in [0, 0.1) is 6.92 Å². The van der Waals surface area contributed by atoms with Gasteiger partial charge in [0.25, 0.3) is 0 Å². The molecule has 0 radical (unpaired) electrons. The predicted octanol–water partition coefficient (Wildman–Crippen LogP) is 3.64. The molecule has 28 heavy (non-hydrogen) atoms. The van der Waals surface area contributed by atoms with Crippen LogP contribution in [-0.4, -0.2) is 34.3 Å². The number of methoxy groups -OCH3 is 1. The number of nitrogens with zero attached hydrogens (tertiary/aromatic N) is 3. The zero-order valence-corrected chi connectivity index (χ0v) is 16.9. The second-order valence-corrected chi connectivity index (χ2v) is 7.24. The fourth-order valence-electron chi connectivity index (χ4n) is 3.53. The topological polar surface area (TPSA) is 77.8 Å². The van der Waals surface area contributed by atoms with Crippen molar-refractivity contribution in [3.05, 3.63) is 59.5 Å². The van der Waals surface area contributed by atoms with E-state index >= 15 is 0 Å². The second-order valence-electron chi connectivity index (χ2n) is 7.24. The summed E-state index contributed by atoms with van der Waals surface area (Å²) in [6.45, 7) is 7.63. The van der Waals surface area contributed by atoms with Crippen LogP contribution in [0.1, 0.15) is 43.5 Å². The maximum absolute atomic E-state index is 11.5. The fourth-order valence-corrected chi connectivity index (χ4v) is 3.53. The van der Waals surface area contributed by atoms with E-state index in [1.807, 2.05) is 45.2 Å². The molecule has 0 bridgehead atoms. The molecule has 1 N–H and O–H groups in total. The number of nitrogens with one attached hydrogen (secondary N) is 1. The molecule has 0 amide bonds. The van der Waals surface area contributed by atoms with Crippen LogP contribution in [0.4, 0.5) is 5.82 Å². The Morgan fingerprint density at radius 3 is 2.64 bits per heavy atom. The van der Waals surface area contributed by atoms with Gasteiger partial charge in [-0.1, -0.05) is 30.3 Å². The highest BCUT2D eigenvalue weighted by Crippen LogP contribution is 2.33. The molecule has 1 aromatic carbocycles. The van der Waals surface area contributed by atoms with E-state index < -0.39 is 5.60 Å². The number of carbonyl (C=O) groups is 1. The van der Waals surface area contributed by atoms with E-state index in [0.717, 1.165) is 22.2 Å². The zero-order chi connectivity index (χ0) is 20.3. The Balaban J connectivity index is 2.03. The first-order valence-electron chi connectivity index (χ1n) is 9.17. The van der Waals surface area contributed by atoms with Crippen LogP contribution in [0.25, 0.3) is 5.52 Å². The molecule has 0 aliphatic rings. The molecular formula is C21H26N4O3. The smallest absolute Gasteiger partial charge is 0.303 e. The van der Waals surface area contributed by atoms with Crippen molar-refractivity contribution in [2.24, 2.45) is 0 Å². The fraction of sp³-hybridized carbons (Fsp3) is 0.381. The number of aryl methyl sites for hydroxylation is 1. The molecule has 0 saturated carbocycles. The van der Waals surface area contributed by atoms with E-state index in [9.17, 15) is 4.79 Å². The summed E-state index contributed by atoms with van der Waals surface area (Å²) in [7, 11) is 1.68. The quantitative estimate of drug-likeness (QED) is 0.629. The van der Waals surface area contributed by atoms with Crippen LogP contribution in [0.15, 0.2) is 42.9 Å². The highest BCUT2D eigenvalue weighted by atomic mass is 16.6. The summed E-state index contributed by atoms with van der Waals surface area (Å²) in [5.74, 6) is 0.372.